The zero-order valence-corrected chi connectivity index (χ0v) is 14.9. The van der Waals surface area contributed by atoms with Crippen molar-refractivity contribution in [2.24, 2.45) is 0 Å². The minimum Gasteiger partial charge on any atom is -0.497 e. The van der Waals surface area contributed by atoms with Crippen molar-refractivity contribution in [2.45, 2.75) is 13.0 Å². The first-order valence-corrected chi connectivity index (χ1v) is 8.19. The van der Waals surface area contributed by atoms with E-state index in [2.05, 4.69) is 0 Å². The van der Waals surface area contributed by atoms with E-state index < -0.39 is 5.82 Å². The molecule has 0 spiro atoms. The SMILES string of the molecule is COCCCN(Cc1cccc(OC)c1)C(=O)c1cc(F)cc(C#N)c1. The molecule has 0 aromatic heterocycles. The number of ether oxygens (including phenoxy) is 2. The van der Waals surface area contributed by atoms with E-state index in [0.29, 0.717) is 31.9 Å². The van der Waals surface area contributed by atoms with Crippen LogP contribution in [0.2, 0.25) is 0 Å². The van der Waals surface area contributed by atoms with Gasteiger partial charge in [-0.15, -0.1) is 0 Å². The Labute approximate surface area is 152 Å². The average molecular weight is 356 g/mol. The predicted octanol–water partition coefficient (Wildman–Crippen LogP) is 3.38. The van der Waals surface area contributed by atoms with Crippen molar-refractivity contribution in [2.75, 3.05) is 27.4 Å². The molecule has 5 nitrogen and oxygen atoms in total. The molecule has 0 aliphatic carbocycles. The van der Waals surface area contributed by atoms with Crippen LogP contribution in [0.4, 0.5) is 4.39 Å². The molecule has 0 fully saturated rings. The zero-order chi connectivity index (χ0) is 18.9. The molecule has 0 heterocycles. The summed E-state index contributed by atoms with van der Waals surface area (Å²) < 4.78 is 24.0. The lowest BCUT2D eigenvalue weighted by Gasteiger charge is -2.23. The Morgan fingerprint density at radius 1 is 1.23 bits per heavy atom. The quantitative estimate of drug-likeness (QED) is 0.680. The first kappa shape index (κ1) is 19.4. The third-order valence-corrected chi connectivity index (χ3v) is 3.85. The molecule has 0 saturated carbocycles. The molecule has 2 aromatic carbocycles. The molecule has 0 atom stereocenters. The number of hydrogen-bond donors (Lipinski definition) is 0. The monoisotopic (exact) mass is 356 g/mol. The number of nitriles is 1. The van der Waals surface area contributed by atoms with Crippen LogP contribution in [0.15, 0.2) is 42.5 Å². The Morgan fingerprint density at radius 2 is 2.04 bits per heavy atom. The highest BCUT2D eigenvalue weighted by molar-refractivity contribution is 5.94. The van der Waals surface area contributed by atoms with Crippen LogP contribution in [0, 0.1) is 17.1 Å². The van der Waals surface area contributed by atoms with Gasteiger partial charge in [0.05, 0.1) is 18.7 Å². The van der Waals surface area contributed by atoms with Gasteiger partial charge in [-0.1, -0.05) is 12.1 Å². The highest BCUT2D eigenvalue weighted by atomic mass is 19.1. The molecular weight excluding hydrogens is 335 g/mol. The summed E-state index contributed by atoms with van der Waals surface area (Å²) in [6.45, 7) is 1.30. The summed E-state index contributed by atoms with van der Waals surface area (Å²) in [7, 11) is 3.18. The number of halogens is 1. The molecular formula is C20H21FN2O3. The van der Waals surface area contributed by atoms with Gasteiger partial charge in [-0.05, 0) is 42.3 Å². The number of rotatable bonds is 8. The number of carbonyl (C=O) groups is 1. The average Bonchev–Trinajstić information content (AvgIpc) is 2.66. The lowest BCUT2D eigenvalue weighted by atomic mass is 10.1. The third kappa shape index (κ3) is 5.30. The van der Waals surface area contributed by atoms with Crippen molar-refractivity contribution in [3.05, 3.63) is 65.0 Å². The summed E-state index contributed by atoms with van der Waals surface area (Å²) in [5.41, 5.74) is 1.17. The standard InChI is InChI=1S/C20H21FN2O3/c1-25-8-4-7-23(14-15-5-3-6-19(11-15)26-2)20(24)17-9-16(13-22)10-18(21)12-17/h3,5-6,9-12H,4,7-8,14H2,1-2H3. The van der Waals surface area contributed by atoms with E-state index >= 15 is 0 Å². The molecule has 0 saturated heterocycles. The molecule has 6 heteroatoms. The molecule has 0 N–H and O–H groups in total. The summed E-state index contributed by atoms with van der Waals surface area (Å²) in [5.74, 6) is -0.241. The molecule has 2 aromatic rings. The highest BCUT2D eigenvalue weighted by Crippen LogP contribution is 2.17. The van der Waals surface area contributed by atoms with Gasteiger partial charge in [0.25, 0.3) is 5.91 Å². The van der Waals surface area contributed by atoms with Gasteiger partial charge in [0.1, 0.15) is 11.6 Å². The third-order valence-electron chi connectivity index (χ3n) is 3.85. The second-order valence-corrected chi connectivity index (χ2v) is 5.76. The Morgan fingerprint density at radius 3 is 2.73 bits per heavy atom. The van der Waals surface area contributed by atoms with Crippen molar-refractivity contribution in [1.82, 2.24) is 4.90 Å². The summed E-state index contributed by atoms with van der Waals surface area (Å²) in [6, 6.07) is 13.0. The maximum absolute atomic E-state index is 13.7. The maximum Gasteiger partial charge on any atom is 0.254 e. The lowest BCUT2D eigenvalue weighted by Crippen LogP contribution is -2.32. The Hall–Kier alpha value is -2.91. The molecule has 136 valence electrons. The van der Waals surface area contributed by atoms with Gasteiger partial charge in [-0.3, -0.25) is 4.79 Å². The van der Waals surface area contributed by atoms with E-state index in [1.165, 1.54) is 6.07 Å². The van der Waals surface area contributed by atoms with E-state index in [-0.39, 0.29) is 17.0 Å². The molecule has 0 aliphatic heterocycles. The number of methoxy groups -OCH3 is 2. The van der Waals surface area contributed by atoms with E-state index in [1.54, 1.807) is 19.1 Å². The van der Waals surface area contributed by atoms with Crippen molar-refractivity contribution < 1.29 is 18.7 Å². The number of benzene rings is 2. The van der Waals surface area contributed by atoms with Gasteiger partial charge >= 0.3 is 0 Å². The number of hydrogen-bond acceptors (Lipinski definition) is 4. The van der Waals surface area contributed by atoms with Crippen molar-refractivity contribution in [1.29, 1.82) is 5.26 Å². The summed E-state index contributed by atoms with van der Waals surface area (Å²) in [6.07, 6.45) is 0.645. The molecule has 0 radical (unpaired) electrons. The van der Waals surface area contributed by atoms with Crippen LogP contribution < -0.4 is 4.74 Å². The molecule has 0 bridgehead atoms. The first-order valence-electron chi connectivity index (χ1n) is 8.19. The molecule has 26 heavy (non-hydrogen) atoms. The Kier molecular flexibility index (Phi) is 7.12. The number of carbonyl (C=O) groups excluding carboxylic acids is 1. The van der Waals surface area contributed by atoms with Crippen LogP contribution in [0.25, 0.3) is 0 Å². The highest BCUT2D eigenvalue weighted by Gasteiger charge is 2.18. The predicted molar refractivity (Wildman–Crippen MR) is 95.3 cm³/mol. The van der Waals surface area contributed by atoms with Crippen LogP contribution >= 0.6 is 0 Å². The van der Waals surface area contributed by atoms with E-state index in [4.69, 9.17) is 14.7 Å². The molecule has 0 unspecified atom stereocenters. The number of amides is 1. The smallest absolute Gasteiger partial charge is 0.254 e. The van der Waals surface area contributed by atoms with Crippen molar-refractivity contribution >= 4 is 5.91 Å². The largest absolute Gasteiger partial charge is 0.497 e. The Balaban J connectivity index is 2.26. The second kappa shape index (κ2) is 9.54. The fraction of sp³-hybridized carbons (Fsp3) is 0.300. The van der Waals surface area contributed by atoms with Gasteiger partial charge in [-0.2, -0.15) is 5.26 Å². The topological polar surface area (TPSA) is 62.6 Å². The summed E-state index contributed by atoms with van der Waals surface area (Å²) >= 11 is 0. The van der Waals surface area contributed by atoms with Crippen molar-refractivity contribution in [3.8, 4) is 11.8 Å². The van der Waals surface area contributed by atoms with Crippen LogP contribution in [-0.4, -0.2) is 38.2 Å². The van der Waals surface area contributed by atoms with E-state index in [1.807, 2.05) is 30.3 Å². The van der Waals surface area contributed by atoms with Crippen LogP contribution in [0.5, 0.6) is 5.75 Å². The van der Waals surface area contributed by atoms with Gasteiger partial charge in [0.2, 0.25) is 0 Å². The van der Waals surface area contributed by atoms with Crippen LogP contribution in [0.3, 0.4) is 0 Å². The van der Waals surface area contributed by atoms with Crippen molar-refractivity contribution in [3.63, 3.8) is 0 Å². The summed E-state index contributed by atoms with van der Waals surface area (Å²) in [4.78, 5) is 14.5. The van der Waals surface area contributed by atoms with Gasteiger partial charge in [-0.25, -0.2) is 4.39 Å². The van der Waals surface area contributed by atoms with Gasteiger partial charge < -0.3 is 14.4 Å². The molecule has 0 aliphatic rings. The first-order chi connectivity index (χ1) is 12.6. The molecule has 1 amide bonds. The van der Waals surface area contributed by atoms with Crippen LogP contribution in [-0.2, 0) is 11.3 Å². The van der Waals surface area contributed by atoms with Gasteiger partial charge in [0.15, 0.2) is 0 Å². The fourth-order valence-electron chi connectivity index (χ4n) is 2.60. The minimum atomic E-state index is -0.606. The second-order valence-electron chi connectivity index (χ2n) is 5.76. The molecule has 2 rings (SSSR count). The Bertz CT molecular complexity index is 802. The van der Waals surface area contributed by atoms with E-state index in [0.717, 1.165) is 17.7 Å². The van der Waals surface area contributed by atoms with Crippen LogP contribution in [0.1, 0.15) is 27.9 Å². The normalized spacial score (nSPS) is 10.2. The number of nitrogens with zero attached hydrogens (tertiary/aromatic N) is 2. The van der Waals surface area contributed by atoms with E-state index in [9.17, 15) is 9.18 Å². The zero-order valence-electron chi connectivity index (χ0n) is 14.9. The van der Waals surface area contributed by atoms with Gasteiger partial charge in [0, 0.05) is 32.4 Å². The fourth-order valence-corrected chi connectivity index (χ4v) is 2.60. The maximum atomic E-state index is 13.7. The summed E-state index contributed by atoms with van der Waals surface area (Å²) in [5, 5.41) is 9.00. The lowest BCUT2D eigenvalue weighted by molar-refractivity contribution is 0.0723. The minimum absolute atomic E-state index is 0.117.